The van der Waals surface area contributed by atoms with Gasteiger partial charge in [-0.25, -0.2) is 0 Å². The molecule has 0 saturated carbocycles. The number of benzene rings is 2. The summed E-state index contributed by atoms with van der Waals surface area (Å²) in [5, 5.41) is 19.0. The normalized spacial score (nSPS) is 16.7. The lowest BCUT2D eigenvalue weighted by molar-refractivity contribution is -0.126. The maximum Gasteiger partial charge on any atom is 0.268 e. The Labute approximate surface area is 141 Å². The summed E-state index contributed by atoms with van der Waals surface area (Å²) in [6, 6.07) is 10.6. The highest BCUT2D eigenvalue weighted by Crippen LogP contribution is 2.37. The predicted molar refractivity (Wildman–Crippen MR) is 91.6 cm³/mol. The van der Waals surface area contributed by atoms with Gasteiger partial charge in [0.1, 0.15) is 11.5 Å². The first-order valence-corrected chi connectivity index (χ1v) is 7.98. The van der Waals surface area contributed by atoms with E-state index in [0.29, 0.717) is 17.9 Å². The first kappa shape index (κ1) is 16.3. The summed E-state index contributed by atoms with van der Waals surface area (Å²) in [5.74, 6) is 0.360. The number of phenols is 1. The van der Waals surface area contributed by atoms with Gasteiger partial charge in [-0.1, -0.05) is 18.2 Å². The Balaban J connectivity index is 1.94. The van der Waals surface area contributed by atoms with E-state index in [4.69, 9.17) is 4.74 Å². The molecule has 0 bridgehead atoms. The van der Waals surface area contributed by atoms with Crippen molar-refractivity contribution in [1.29, 1.82) is 0 Å². The molecule has 5 heteroatoms. The molecule has 2 aromatic rings. The number of aryl methyl sites for hydroxylation is 1. The number of carbonyl (C=O) groups is 1. The highest BCUT2D eigenvalue weighted by molar-refractivity contribution is 6.00. The van der Waals surface area contributed by atoms with E-state index in [1.54, 1.807) is 6.07 Å². The number of phenolic OH excluding ortho intramolecular Hbond substituents is 1. The summed E-state index contributed by atoms with van der Waals surface area (Å²) < 4.78 is 5.87. The lowest BCUT2D eigenvalue weighted by Gasteiger charge is -2.34. The molecule has 0 radical (unpaired) electrons. The molecular formula is C19H21NO4. The van der Waals surface area contributed by atoms with E-state index in [1.165, 1.54) is 22.6 Å². The van der Waals surface area contributed by atoms with Gasteiger partial charge in [-0.05, 0) is 42.7 Å². The fourth-order valence-electron chi connectivity index (χ4n) is 3.01. The number of ether oxygens (including phenoxy) is 1. The molecule has 1 amide bonds. The van der Waals surface area contributed by atoms with Crippen LogP contribution in [0, 0.1) is 13.8 Å². The van der Waals surface area contributed by atoms with Crippen molar-refractivity contribution in [2.75, 3.05) is 18.1 Å². The smallest absolute Gasteiger partial charge is 0.268 e. The van der Waals surface area contributed by atoms with Crippen LogP contribution in [0.1, 0.15) is 16.7 Å². The fraction of sp³-hybridized carbons (Fsp3) is 0.316. The van der Waals surface area contributed by atoms with Crippen LogP contribution in [0.25, 0.3) is 0 Å². The summed E-state index contributed by atoms with van der Waals surface area (Å²) >= 11 is 0. The maximum atomic E-state index is 12.8. The molecule has 1 heterocycles. The summed E-state index contributed by atoms with van der Waals surface area (Å²) in [6.07, 6.45) is -0.227. The van der Waals surface area contributed by atoms with Crippen molar-refractivity contribution in [2.24, 2.45) is 0 Å². The van der Waals surface area contributed by atoms with Crippen LogP contribution in [-0.2, 0) is 11.2 Å². The van der Waals surface area contributed by atoms with Crippen molar-refractivity contribution in [3.63, 3.8) is 0 Å². The number of rotatable bonds is 4. The monoisotopic (exact) mass is 327 g/mol. The number of aromatic hydroxyl groups is 1. The molecule has 126 valence electrons. The number of carbonyl (C=O) groups excluding carboxylic acids is 1. The number of hydrogen-bond acceptors (Lipinski definition) is 4. The second kappa shape index (κ2) is 6.53. The molecule has 24 heavy (non-hydrogen) atoms. The zero-order chi connectivity index (χ0) is 17.3. The van der Waals surface area contributed by atoms with E-state index in [0.717, 1.165) is 11.1 Å². The average molecular weight is 327 g/mol. The van der Waals surface area contributed by atoms with E-state index in [2.05, 4.69) is 0 Å². The average Bonchev–Trinajstić information content (AvgIpc) is 2.55. The molecule has 0 fully saturated rings. The highest BCUT2D eigenvalue weighted by Gasteiger charge is 2.34. The Kier molecular flexibility index (Phi) is 4.44. The zero-order valence-corrected chi connectivity index (χ0v) is 13.8. The standard InChI is InChI=1S/C19H21NO4/c1-12-4-3-5-14(13(12)2)10-18-19(23)20(8-9-21)16-7-6-15(22)11-17(16)24-18/h3-7,11,18,21-22H,8-10H2,1-2H3. The van der Waals surface area contributed by atoms with E-state index in [1.807, 2.05) is 32.0 Å². The van der Waals surface area contributed by atoms with Gasteiger partial charge in [-0.15, -0.1) is 0 Å². The highest BCUT2D eigenvalue weighted by atomic mass is 16.5. The van der Waals surface area contributed by atoms with E-state index in [9.17, 15) is 15.0 Å². The van der Waals surface area contributed by atoms with Crippen LogP contribution in [0.2, 0.25) is 0 Å². The van der Waals surface area contributed by atoms with Gasteiger partial charge in [-0.2, -0.15) is 0 Å². The van der Waals surface area contributed by atoms with Crippen molar-refractivity contribution in [1.82, 2.24) is 0 Å². The van der Waals surface area contributed by atoms with Crippen LogP contribution in [0.4, 0.5) is 5.69 Å². The number of nitrogens with zero attached hydrogens (tertiary/aromatic N) is 1. The molecule has 2 N–H and O–H groups in total. The van der Waals surface area contributed by atoms with Crippen molar-refractivity contribution in [3.8, 4) is 11.5 Å². The molecule has 3 rings (SSSR count). The predicted octanol–water partition coefficient (Wildman–Crippen LogP) is 2.34. The van der Waals surface area contributed by atoms with E-state index in [-0.39, 0.29) is 24.8 Å². The summed E-state index contributed by atoms with van der Waals surface area (Å²) in [7, 11) is 0. The maximum absolute atomic E-state index is 12.8. The molecule has 0 spiro atoms. The minimum atomic E-state index is -0.675. The Hall–Kier alpha value is -2.53. The van der Waals surface area contributed by atoms with Crippen LogP contribution >= 0.6 is 0 Å². The third kappa shape index (κ3) is 2.95. The number of hydrogen-bond donors (Lipinski definition) is 2. The summed E-state index contributed by atoms with van der Waals surface area (Å²) in [4.78, 5) is 14.3. The van der Waals surface area contributed by atoms with E-state index < -0.39 is 6.10 Å². The van der Waals surface area contributed by atoms with Gasteiger partial charge >= 0.3 is 0 Å². The number of fused-ring (bicyclic) bond motifs is 1. The van der Waals surface area contributed by atoms with Crippen LogP contribution in [0.15, 0.2) is 36.4 Å². The van der Waals surface area contributed by atoms with Gasteiger partial charge < -0.3 is 19.8 Å². The quantitative estimate of drug-likeness (QED) is 0.904. The minimum Gasteiger partial charge on any atom is -0.508 e. The topological polar surface area (TPSA) is 70.0 Å². The van der Waals surface area contributed by atoms with Gasteiger partial charge in [-0.3, -0.25) is 4.79 Å². The molecule has 1 atom stereocenters. The number of aliphatic hydroxyl groups excluding tert-OH is 1. The first-order chi connectivity index (χ1) is 11.5. The second-order valence-electron chi connectivity index (χ2n) is 6.04. The van der Waals surface area contributed by atoms with Crippen molar-refractivity contribution < 1.29 is 19.7 Å². The SMILES string of the molecule is Cc1cccc(CC2Oc3cc(O)ccc3N(CCO)C2=O)c1C. The molecule has 0 aliphatic carbocycles. The molecule has 0 aromatic heterocycles. The molecule has 1 aliphatic rings. The van der Waals surface area contributed by atoms with Crippen molar-refractivity contribution in [2.45, 2.75) is 26.4 Å². The summed E-state index contributed by atoms with van der Waals surface area (Å²) in [6.45, 7) is 4.13. The molecule has 1 unspecified atom stereocenters. The third-order valence-electron chi connectivity index (χ3n) is 4.49. The third-order valence-corrected chi connectivity index (χ3v) is 4.49. The summed E-state index contributed by atoms with van der Waals surface area (Å²) in [5.41, 5.74) is 3.94. The minimum absolute atomic E-state index is 0.0810. The van der Waals surface area contributed by atoms with Gasteiger partial charge in [0.2, 0.25) is 0 Å². The van der Waals surface area contributed by atoms with Crippen molar-refractivity contribution in [3.05, 3.63) is 53.1 Å². The van der Waals surface area contributed by atoms with Crippen molar-refractivity contribution >= 4 is 11.6 Å². The number of amides is 1. The molecule has 2 aromatic carbocycles. The number of anilines is 1. The fourth-order valence-corrected chi connectivity index (χ4v) is 3.01. The van der Waals surface area contributed by atoms with Gasteiger partial charge in [0.25, 0.3) is 5.91 Å². The number of aliphatic hydroxyl groups is 1. The van der Waals surface area contributed by atoms with Gasteiger partial charge in [0.15, 0.2) is 6.10 Å². The lowest BCUT2D eigenvalue weighted by Crippen LogP contribution is -2.48. The zero-order valence-electron chi connectivity index (χ0n) is 13.8. The van der Waals surface area contributed by atoms with E-state index >= 15 is 0 Å². The Morgan fingerprint density at radius 1 is 1.21 bits per heavy atom. The largest absolute Gasteiger partial charge is 0.508 e. The molecule has 1 aliphatic heterocycles. The molecule has 0 saturated heterocycles. The Morgan fingerprint density at radius 2 is 2.00 bits per heavy atom. The lowest BCUT2D eigenvalue weighted by atomic mass is 9.97. The number of β-amino-alcohol motifs (C(OH)–C–C–N with tert-alkyl or cyclic N) is 1. The first-order valence-electron chi connectivity index (χ1n) is 7.98. The Morgan fingerprint density at radius 3 is 2.75 bits per heavy atom. The van der Waals surface area contributed by atoms with Gasteiger partial charge in [0.05, 0.1) is 12.3 Å². The van der Waals surface area contributed by atoms with Crippen LogP contribution < -0.4 is 9.64 Å². The van der Waals surface area contributed by atoms with Crippen LogP contribution in [0.5, 0.6) is 11.5 Å². The van der Waals surface area contributed by atoms with Crippen LogP contribution in [0.3, 0.4) is 0 Å². The van der Waals surface area contributed by atoms with Crippen LogP contribution in [-0.4, -0.2) is 35.4 Å². The Bertz CT molecular complexity index is 772. The molecular weight excluding hydrogens is 306 g/mol. The van der Waals surface area contributed by atoms with Gasteiger partial charge in [0, 0.05) is 19.0 Å². The second-order valence-corrected chi connectivity index (χ2v) is 6.04. The molecule has 5 nitrogen and oxygen atoms in total.